The van der Waals surface area contributed by atoms with Crippen molar-refractivity contribution in [2.24, 2.45) is 5.92 Å². The van der Waals surface area contributed by atoms with Crippen molar-refractivity contribution in [2.45, 2.75) is 24.7 Å². The molecular weight excluding hydrogens is 486 g/mol. The maximum absolute atomic E-state index is 12.8. The second-order valence-electron chi connectivity index (χ2n) is 7.77. The summed E-state index contributed by atoms with van der Waals surface area (Å²) < 4.78 is 27.1. The summed E-state index contributed by atoms with van der Waals surface area (Å²) in [6.07, 6.45) is 1.61. The van der Waals surface area contributed by atoms with Gasteiger partial charge in [0.2, 0.25) is 10.0 Å². The van der Waals surface area contributed by atoms with Crippen LogP contribution >= 0.6 is 12.2 Å². The molecule has 1 heterocycles. The molecule has 1 aliphatic heterocycles. The largest absolute Gasteiger partial charge is 0.332 e. The van der Waals surface area contributed by atoms with Crippen molar-refractivity contribution in [1.29, 1.82) is 0 Å². The van der Waals surface area contributed by atoms with Crippen LogP contribution in [0.2, 0.25) is 0 Å². The number of nitrogens with one attached hydrogen (secondary N) is 2. The molecule has 3 rings (SSSR count). The number of nitro groups is 2. The number of carbonyl (C=O) groups excluding carboxylic acids is 1. The summed E-state index contributed by atoms with van der Waals surface area (Å²) in [7, 11) is -3.62. The normalized spacial score (nSPS) is 14.9. The summed E-state index contributed by atoms with van der Waals surface area (Å²) >= 11 is 5.06. The Bertz CT molecular complexity index is 1210. The predicted octanol–water partition coefficient (Wildman–Crippen LogP) is 3.05. The average molecular weight is 508 g/mol. The Labute approximate surface area is 200 Å². The molecule has 0 saturated carbocycles. The van der Waals surface area contributed by atoms with Crippen LogP contribution in [0, 0.1) is 26.1 Å². The van der Waals surface area contributed by atoms with E-state index in [2.05, 4.69) is 17.6 Å². The van der Waals surface area contributed by atoms with Gasteiger partial charge in [0.05, 0.1) is 26.4 Å². The monoisotopic (exact) mass is 507 g/mol. The van der Waals surface area contributed by atoms with Crippen LogP contribution in [0.5, 0.6) is 0 Å². The lowest BCUT2D eigenvalue weighted by Crippen LogP contribution is -2.37. The first kappa shape index (κ1) is 25.1. The van der Waals surface area contributed by atoms with Gasteiger partial charge in [0, 0.05) is 30.9 Å². The van der Waals surface area contributed by atoms with Crippen LogP contribution in [0.15, 0.2) is 47.4 Å². The number of piperidine rings is 1. The first-order valence-corrected chi connectivity index (χ1v) is 12.0. The van der Waals surface area contributed by atoms with Crippen LogP contribution in [0.4, 0.5) is 17.1 Å². The maximum Gasteiger partial charge on any atom is 0.277 e. The summed E-state index contributed by atoms with van der Waals surface area (Å²) in [6, 6.07) is 8.34. The van der Waals surface area contributed by atoms with Crippen molar-refractivity contribution in [3.63, 3.8) is 0 Å². The lowest BCUT2D eigenvalue weighted by molar-refractivity contribution is -0.394. The molecule has 14 heteroatoms. The molecule has 1 saturated heterocycles. The van der Waals surface area contributed by atoms with E-state index in [1.54, 1.807) is 0 Å². The third kappa shape index (κ3) is 5.89. The Morgan fingerprint density at radius 1 is 1.03 bits per heavy atom. The molecule has 34 heavy (non-hydrogen) atoms. The van der Waals surface area contributed by atoms with Crippen LogP contribution in [-0.4, -0.2) is 46.7 Å². The van der Waals surface area contributed by atoms with E-state index >= 15 is 0 Å². The van der Waals surface area contributed by atoms with Gasteiger partial charge in [0.1, 0.15) is 0 Å². The van der Waals surface area contributed by atoms with Crippen molar-refractivity contribution < 1.29 is 23.1 Å². The summed E-state index contributed by atoms with van der Waals surface area (Å²) in [4.78, 5) is 32.8. The summed E-state index contributed by atoms with van der Waals surface area (Å²) in [5.74, 6) is -0.398. The number of hydrogen-bond donors (Lipinski definition) is 2. The van der Waals surface area contributed by atoms with E-state index in [9.17, 15) is 33.4 Å². The SMILES string of the molecule is CC1CCN(S(=O)(=O)c2ccc(NC(=S)NC(=O)c3cc([N+](=O)[O-])cc([N+](=O)[O-])c3)cc2)CC1. The first-order chi connectivity index (χ1) is 16.0. The second-order valence-corrected chi connectivity index (χ2v) is 10.1. The molecule has 0 unspecified atom stereocenters. The molecule has 2 aromatic rings. The zero-order valence-corrected chi connectivity index (χ0v) is 19.6. The van der Waals surface area contributed by atoms with E-state index in [0.29, 0.717) is 24.7 Å². The summed E-state index contributed by atoms with van der Waals surface area (Å²) in [5.41, 5.74) is -1.15. The van der Waals surface area contributed by atoms with Crippen LogP contribution in [0.3, 0.4) is 0 Å². The van der Waals surface area contributed by atoms with Crippen LogP contribution in [-0.2, 0) is 10.0 Å². The van der Waals surface area contributed by atoms with E-state index < -0.39 is 37.2 Å². The summed E-state index contributed by atoms with van der Waals surface area (Å²) in [5, 5.41) is 26.8. The lowest BCUT2D eigenvalue weighted by Gasteiger charge is -2.29. The number of amides is 1. The number of nitro benzene ring substituents is 2. The van der Waals surface area contributed by atoms with E-state index in [1.165, 1.54) is 28.6 Å². The van der Waals surface area contributed by atoms with Crippen LogP contribution in [0.1, 0.15) is 30.1 Å². The topological polar surface area (TPSA) is 165 Å². The molecule has 0 aromatic heterocycles. The fourth-order valence-corrected chi connectivity index (χ4v) is 5.04. The van der Waals surface area contributed by atoms with Gasteiger partial charge in [-0.25, -0.2) is 8.42 Å². The zero-order valence-electron chi connectivity index (χ0n) is 18.0. The molecule has 0 aliphatic carbocycles. The number of rotatable bonds is 6. The van der Waals surface area contributed by atoms with Gasteiger partial charge in [-0.2, -0.15) is 4.31 Å². The molecule has 0 atom stereocenters. The van der Waals surface area contributed by atoms with Gasteiger partial charge in [0.15, 0.2) is 5.11 Å². The smallest absolute Gasteiger partial charge is 0.277 e. The molecular formula is C20H21N5O7S2. The Balaban J connectivity index is 1.67. The molecule has 2 aromatic carbocycles. The zero-order chi connectivity index (χ0) is 25.0. The highest BCUT2D eigenvalue weighted by atomic mass is 32.2. The van der Waals surface area contributed by atoms with E-state index in [-0.39, 0.29) is 15.6 Å². The highest BCUT2D eigenvalue weighted by molar-refractivity contribution is 7.89. The predicted molar refractivity (Wildman–Crippen MR) is 127 cm³/mol. The van der Waals surface area contributed by atoms with Crippen molar-refractivity contribution in [1.82, 2.24) is 9.62 Å². The third-order valence-corrected chi connectivity index (χ3v) is 7.42. The minimum atomic E-state index is -3.62. The Morgan fingerprint density at radius 3 is 2.06 bits per heavy atom. The number of carbonyl (C=O) groups is 1. The van der Waals surface area contributed by atoms with Crippen LogP contribution < -0.4 is 10.6 Å². The quantitative estimate of drug-likeness (QED) is 0.339. The standard InChI is InChI=1S/C20H21N5O7S2/c1-13-6-8-23(9-7-13)34(31,32)18-4-2-15(3-5-18)21-20(33)22-19(26)14-10-16(24(27)28)12-17(11-14)25(29)30/h2-5,10-13H,6-9H2,1H3,(H2,21,22,26,33). The molecule has 0 bridgehead atoms. The van der Waals surface area contributed by atoms with Gasteiger partial charge >= 0.3 is 0 Å². The van der Waals surface area contributed by atoms with E-state index in [1.807, 2.05) is 0 Å². The highest BCUT2D eigenvalue weighted by Crippen LogP contribution is 2.25. The molecule has 1 fully saturated rings. The number of anilines is 1. The summed E-state index contributed by atoms with van der Waals surface area (Å²) in [6.45, 7) is 3.03. The van der Waals surface area contributed by atoms with Crippen molar-refractivity contribution in [3.05, 3.63) is 68.3 Å². The Kier molecular flexibility index (Phi) is 7.54. The Morgan fingerprint density at radius 2 is 1.56 bits per heavy atom. The van der Waals surface area contributed by atoms with Gasteiger partial charge in [-0.1, -0.05) is 6.92 Å². The van der Waals surface area contributed by atoms with Gasteiger partial charge in [-0.3, -0.25) is 30.3 Å². The van der Waals surface area contributed by atoms with Crippen molar-refractivity contribution in [3.8, 4) is 0 Å². The number of sulfonamides is 1. The average Bonchev–Trinajstić information content (AvgIpc) is 2.79. The van der Waals surface area contributed by atoms with Gasteiger partial charge in [-0.15, -0.1) is 0 Å². The van der Waals surface area contributed by atoms with E-state index in [4.69, 9.17) is 12.2 Å². The number of nitrogens with zero attached hydrogens (tertiary/aromatic N) is 3. The third-order valence-electron chi connectivity index (χ3n) is 5.31. The van der Waals surface area contributed by atoms with Gasteiger partial charge in [-0.05, 0) is 55.2 Å². The molecule has 0 spiro atoms. The number of benzene rings is 2. The lowest BCUT2D eigenvalue weighted by atomic mass is 10.0. The van der Waals surface area contributed by atoms with Crippen LogP contribution in [0.25, 0.3) is 0 Å². The second kappa shape index (κ2) is 10.2. The van der Waals surface area contributed by atoms with Gasteiger partial charge < -0.3 is 5.32 Å². The van der Waals surface area contributed by atoms with Gasteiger partial charge in [0.25, 0.3) is 17.3 Å². The minimum absolute atomic E-state index is 0.131. The molecule has 12 nitrogen and oxygen atoms in total. The fourth-order valence-electron chi connectivity index (χ4n) is 3.36. The minimum Gasteiger partial charge on any atom is -0.332 e. The molecule has 1 amide bonds. The maximum atomic E-state index is 12.8. The molecule has 2 N–H and O–H groups in total. The number of non-ortho nitro benzene ring substituents is 2. The highest BCUT2D eigenvalue weighted by Gasteiger charge is 2.28. The molecule has 0 radical (unpaired) electrons. The first-order valence-electron chi connectivity index (χ1n) is 10.1. The molecule has 1 aliphatic rings. The van der Waals surface area contributed by atoms with Crippen molar-refractivity contribution >= 4 is 50.3 Å². The molecule has 180 valence electrons. The van der Waals surface area contributed by atoms with E-state index in [0.717, 1.165) is 31.0 Å². The number of thiocarbonyl (C=S) groups is 1. The van der Waals surface area contributed by atoms with Crippen molar-refractivity contribution in [2.75, 3.05) is 18.4 Å². The Hall–Kier alpha value is -3.49. The number of hydrogen-bond acceptors (Lipinski definition) is 8. The fraction of sp³-hybridized carbons (Fsp3) is 0.300.